The summed E-state index contributed by atoms with van der Waals surface area (Å²) in [6, 6.07) is 6.10. The van der Waals surface area contributed by atoms with E-state index in [1.54, 1.807) is 12.1 Å². The average molecular weight is 450 g/mol. The molecule has 1 aromatic carbocycles. The normalized spacial score (nSPS) is 24.1. The Morgan fingerprint density at radius 3 is 2.32 bits per heavy atom. The number of carbonyl (C=O) groups excluding carboxylic acids is 2. The smallest absolute Gasteiger partial charge is 0.240 e. The molecule has 0 saturated heterocycles. The number of rotatable bonds is 8. The Morgan fingerprint density at radius 2 is 1.77 bits per heavy atom. The van der Waals surface area contributed by atoms with E-state index in [1.807, 2.05) is 27.7 Å². The second-order valence-corrected chi connectivity index (χ2v) is 11.8. The highest BCUT2D eigenvalue weighted by atomic mass is 32.2. The Hall–Kier alpha value is -1.93. The first kappa shape index (κ1) is 23.7. The summed E-state index contributed by atoms with van der Waals surface area (Å²) in [6.07, 6.45) is 5.01. The van der Waals surface area contributed by atoms with Gasteiger partial charge in [0.15, 0.2) is 0 Å². The van der Waals surface area contributed by atoms with Crippen LogP contribution in [0, 0.1) is 23.2 Å². The van der Waals surface area contributed by atoms with Gasteiger partial charge in [-0.1, -0.05) is 27.2 Å². The Balaban J connectivity index is 1.49. The molecule has 2 amide bonds. The number of amides is 2. The highest BCUT2D eigenvalue weighted by Crippen LogP contribution is 2.49. The van der Waals surface area contributed by atoms with Crippen molar-refractivity contribution in [2.24, 2.45) is 23.2 Å². The first-order chi connectivity index (χ1) is 14.5. The highest BCUT2D eigenvalue weighted by molar-refractivity contribution is 7.89. The van der Waals surface area contributed by atoms with Crippen LogP contribution in [-0.2, 0) is 19.6 Å². The minimum Gasteiger partial charge on any atom is -0.355 e. The average Bonchev–Trinajstić information content (AvgIpc) is 3.31. The van der Waals surface area contributed by atoms with E-state index in [4.69, 9.17) is 0 Å². The standard InChI is InChI=1S/C23H35N3O4S/c1-15(20-14-16-5-6-17(20)13-16)26-31(29,30)19-9-7-18(8-10-19)25-21(27)11-12-24-22(28)23(2,3)4/h7-10,15-17,20,26H,5-6,11-14H2,1-4H3,(H,24,28)(H,25,27). The van der Waals surface area contributed by atoms with Gasteiger partial charge in [0.1, 0.15) is 0 Å². The molecule has 2 aliphatic carbocycles. The fraction of sp³-hybridized carbons (Fsp3) is 0.652. The molecule has 2 fully saturated rings. The van der Waals surface area contributed by atoms with E-state index in [-0.39, 0.29) is 35.7 Å². The molecule has 7 nitrogen and oxygen atoms in total. The quantitative estimate of drug-likeness (QED) is 0.566. The van der Waals surface area contributed by atoms with Gasteiger partial charge in [0, 0.05) is 30.1 Å². The lowest BCUT2D eigenvalue weighted by Crippen LogP contribution is -2.40. The van der Waals surface area contributed by atoms with Gasteiger partial charge in [0.25, 0.3) is 0 Å². The van der Waals surface area contributed by atoms with Crippen molar-refractivity contribution in [3.8, 4) is 0 Å². The maximum Gasteiger partial charge on any atom is 0.240 e. The summed E-state index contributed by atoms with van der Waals surface area (Å²) in [6.45, 7) is 7.65. The predicted molar refractivity (Wildman–Crippen MR) is 121 cm³/mol. The van der Waals surface area contributed by atoms with Crippen LogP contribution in [0.2, 0.25) is 0 Å². The van der Waals surface area contributed by atoms with Crippen molar-refractivity contribution in [2.75, 3.05) is 11.9 Å². The zero-order chi connectivity index (χ0) is 22.8. The van der Waals surface area contributed by atoms with Gasteiger partial charge in [-0.2, -0.15) is 0 Å². The van der Waals surface area contributed by atoms with Crippen molar-refractivity contribution in [1.29, 1.82) is 0 Å². The molecule has 2 bridgehead atoms. The molecular weight excluding hydrogens is 414 g/mol. The zero-order valence-electron chi connectivity index (χ0n) is 18.9. The minimum absolute atomic E-state index is 0.0806. The van der Waals surface area contributed by atoms with Gasteiger partial charge in [0.2, 0.25) is 21.8 Å². The van der Waals surface area contributed by atoms with Crippen molar-refractivity contribution in [3.63, 3.8) is 0 Å². The number of sulfonamides is 1. The van der Waals surface area contributed by atoms with Crippen molar-refractivity contribution >= 4 is 27.5 Å². The number of hydrogen-bond donors (Lipinski definition) is 3. The van der Waals surface area contributed by atoms with Crippen LogP contribution in [-0.4, -0.2) is 32.8 Å². The van der Waals surface area contributed by atoms with Crippen molar-refractivity contribution in [2.45, 2.75) is 70.7 Å². The van der Waals surface area contributed by atoms with Crippen molar-refractivity contribution < 1.29 is 18.0 Å². The molecule has 0 heterocycles. The lowest BCUT2D eigenvalue weighted by molar-refractivity contribution is -0.128. The fourth-order valence-corrected chi connectivity index (χ4v) is 6.10. The zero-order valence-corrected chi connectivity index (χ0v) is 19.7. The Kier molecular flexibility index (Phi) is 7.11. The van der Waals surface area contributed by atoms with Gasteiger partial charge in [-0.05, 0) is 68.2 Å². The first-order valence-electron chi connectivity index (χ1n) is 11.2. The molecule has 2 aliphatic rings. The minimum atomic E-state index is -3.61. The third-order valence-electron chi connectivity index (χ3n) is 6.54. The first-order valence-corrected chi connectivity index (χ1v) is 12.6. The molecule has 0 spiro atoms. The van der Waals surface area contributed by atoms with E-state index in [0.717, 1.165) is 12.3 Å². The summed E-state index contributed by atoms with van der Waals surface area (Å²) in [5.74, 6) is 1.49. The highest BCUT2D eigenvalue weighted by Gasteiger charge is 2.42. The molecule has 2 saturated carbocycles. The number of carbonyl (C=O) groups is 2. The van der Waals surface area contributed by atoms with E-state index in [9.17, 15) is 18.0 Å². The number of benzene rings is 1. The lowest BCUT2D eigenvalue weighted by Gasteiger charge is -2.28. The molecule has 4 unspecified atom stereocenters. The van der Waals surface area contributed by atoms with Crippen molar-refractivity contribution in [3.05, 3.63) is 24.3 Å². The summed E-state index contributed by atoms with van der Waals surface area (Å²) in [5.41, 5.74) is 0.0213. The van der Waals surface area contributed by atoms with Crippen LogP contribution < -0.4 is 15.4 Å². The second kappa shape index (κ2) is 9.28. The van der Waals surface area contributed by atoms with E-state index >= 15 is 0 Å². The molecule has 172 valence electrons. The summed E-state index contributed by atoms with van der Waals surface area (Å²) >= 11 is 0. The van der Waals surface area contributed by atoms with Crippen LogP contribution >= 0.6 is 0 Å². The summed E-state index contributed by atoms with van der Waals surface area (Å²) in [7, 11) is -3.61. The summed E-state index contributed by atoms with van der Waals surface area (Å²) < 4.78 is 28.4. The van der Waals surface area contributed by atoms with Crippen LogP contribution in [0.3, 0.4) is 0 Å². The Labute approximate surface area is 185 Å². The predicted octanol–water partition coefficient (Wildman–Crippen LogP) is 3.28. The molecule has 8 heteroatoms. The number of anilines is 1. The monoisotopic (exact) mass is 449 g/mol. The van der Waals surface area contributed by atoms with E-state index in [2.05, 4.69) is 15.4 Å². The third-order valence-corrected chi connectivity index (χ3v) is 8.12. The summed E-state index contributed by atoms with van der Waals surface area (Å²) in [5, 5.41) is 5.46. The number of nitrogens with one attached hydrogen (secondary N) is 3. The summed E-state index contributed by atoms with van der Waals surface area (Å²) in [4.78, 5) is 24.1. The van der Waals surface area contributed by atoms with E-state index in [0.29, 0.717) is 17.5 Å². The largest absolute Gasteiger partial charge is 0.355 e. The van der Waals surface area contributed by atoms with Gasteiger partial charge in [-0.25, -0.2) is 13.1 Å². The molecule has 0 radical (unpaired) electrons. The molecule has 31 heavy (non-hydrogen) atoms. The molecule has 1 aromatic rings. The topological polar surface area (TPSA) is 104 Å². The Morgan fingerprint density at radius 1 is 1.10 bits per heavy atom. The van der Waals surface area contributed by atoms with E-state index < -0.39 is 15.4 Å². The third kappa shape index (κ3) is 6.07. The SMILES string of the molecule is CC(NS(=O)(=O)c1ccc(NC(=O)CCNC(=O)C(C)(C)C)cc1)C1CC2CCC1C2. The number of fused-ring (bicyclic) bond motifs is 2. The molecule has 3 N–H and O–H groups in total. The van der Waals surface area contributed by atoms with Gasteiger partial charge in [0.05, 0.1) is 4.90 Å². The molecule has 0 aliphatic heterocycles. The van der Waals surface area contributed by atoms with Crippen LogP contribution in [0.1, 0.15) is 59.8 Å². The van der Waals surface area contributed by atoms with Crippen LogP contribution in [0.5, 0.6) is 0 Å². The fourth-order valence-electron chi connectivity index (χ4n) is 4.80. The van der Waals surface area contributed by atoms with Gasteiger partial charge >= 0.3 is 0 Å². The van der Waals surface area contributed by atoms with Gasteiger partial charge in [-0.15, -0.1) is 0 Å². The van der Waals surface area contributed by atoms with Crippen LogP contribution in [0.25, 0.3) is 0 Å². The van der Waals surface area contributed by atoms with Gasteiger partial charge < -0.3 is 10.6 Å². The molecule has 3 rings (SSSR count). The van der Waals surface area contributed by atoms with Crippen LogP contribution in [0.4, 0.5) is 5.69 Å². The van der Waals surface area contributed by atoms with Gasteiger partial charge in [-0.3, -0.25) is 9.59 Å². The molecule has 0 aromatic heterocycles. The maximum atomic E-state index is 12.8. The Bertz CT molecular complexity index is 906. The maximum absolute atomic E-state index is 12.8. The van der Waals surface area contributed by atoms with Crippen molar-refractivity contribution in [1.82, 2.24) is 10.0 Å². The second-order valence-electron chi connectivity index (χ2n) is 10.1. The molecule has 4 atom stereocenters. The molecular formula is C23H35N3O4S. The lowest BCUT2D eigenvalue weighted by atomic mass is 9.84. The van der Waals surface area contributed by atoms with Crippen LogP contribution in [0.15, 0.2) is 29.2 Å². The van der Waals surface area contributed by atoms with E-state index in [1.165, 1.54) is 31.4 Å². The number of hydrogen-bond acceptors (Lipinski definition) is 4.